The third-order valence-corrected chi connectivity index (χ3v) is 3.95. The molecule has 0 radical (unpaired) electrons. The average molecular weight is 336 g/mol. The van der Waals surface area contributed by atoms with Gasteiger partial charge in [0.25, 0.3) is 5.69 Å². The Morgan fingerprint density at radius 1 is 1.36 bits per heavy atom. The van der Waals surface area contributed by atoms with E-state index in [-0.39, 0.29) is 12.2 Å². The minimum Gasteiger partial charge on any atom is -0.423 e. The highest BCUT2D eigenvalue weighted by molar-refractivity contribution is 5.88. The van der Waals surface area contributed by atoms with Gasteiger partial charge in [-0.15, -0.1) is 10.2 Å². The van der Waals surface area contributed by atoms with Crippen LogP contribution in [0.5, 0.6) is 0 Å². The molecule has 0 unspecified atom stereocenters. The molecule has 124 valence electrons. The summed E-state index contributed by atoms with van der Waals surface area (Å²) in [6, 6.07) is 7.83. The van der Waals surface area contributed by atoms with Gasteiger partial charge in [0.05, 0.1) is 28.6 Å². The fourth-order valence-electron chi connectivity index (χ4n) is 2.51. The molecule has 1 aromatic carbocycles. The van der Waals surface area contributed by atoms with Crippen molar-refractivity contribution in [3.63, 3.8) is 0 Å². The van der Waals surface area contributed by atoms with Crippen molar-refractivity contribution in [2.24, 2.45) is 0 Å². The fraction of sp³-hybridized carbons (Fsp3) is 0.250. The molecule has 2 heterocycles. The molecule has 2 aromatic heterocycles. The zero-order valence-corrected chi connectivity index (χ0v) is 13.0. The van der Waals surface area contributed by atoms with Crippen LogP contribution in [0, 0.1) is 21.4 Å². The van der Waals surface area contributed by atoms with Gasteiger partial charge >= 0.3 is 0 Å². The third kappa shape index (κ3) is 2.97. The number of non-ortho nitro benzene ring substituents is 1. The SMILES string of the molecule is N#Cc1cc(NCc2nnc(C3CC3)o2)nc2ccc([N+](=O)[O-])cc12. The number of nitriles is 1. The van der Waals surface area contributed by atoms with Gasteiger partial charge in [-0.3, -0.25) is 10.1 Å². The van der Waals surface area contributed by atoms with Crippen molar-refractivity contribution in [2.75, 3.05) is 5.32 Å². The van der Waals surface area contributed by atoms with Gasteiger partial charge in [0.15, 0.2) is 0 Å². The Morgan fingerprint density at radius 3 is 2.92 bits per heavy atom. The van der Waals surface area contributed by atoms with Crippen LogP contribution < -0.4 is 5.32 Å². The van der Waals surface area contributed by atoms with E-state index in [0.29, 0.717) is 40.0 Å². The van der Waals surface area contributed by atoms with Gasteiger partial charge in [-0.25, -0.2) is 4.98 Å². The van der Waals surface area contributed by atoms with Crippen LogP contribution in [-0.2, 0) is 6.54 Å². The van der Waals surface area contributed by atoms with E-state index in [4.69, 9.17) is 4.42 Å². The lowest BCUT2D eigenvalue weighted by Gasteiger charge is -2.06. The summed E-state index contributed by atoms with van der Waals surface area (Å²) in [4.78, 5) is 14.8. The molecule has 1 aliphatic carbocycles. The Morgan fingerprint density at radius 2 is 2.20 bits per heavy atom. The van der Waals surface area contributed by atoms with Crippen molar-refractivity contribution in [1.29, 1.82) is 5.26 Å². The van der Waals surface area contributed by atoms with Crippen molar-refractivity contribution in [3.8, 4) is 6.07 Å². The molecule has 9 nitrogen and oxygen atoms in total. The minimum atomic E-state index is -0.500. The average Bonchev–Trinajstić information content (AvgIpc) is 3.37. The van der Waals surface area contributed by atoms with Crippen LogP contribution in [0.1, 0.15) is 36.1 Å². The molecule has 1 N–H and O–H groups in total. The van der Waals surface area contributed by atoms with Gasteiger partial charge in [0, 0.05) is 23.4 Å². The quantitative estimate of drug-likeness (QED) is 0.556. The van der Waals surface area contributed by atoms with E-state index in [1.807, 2.05) is 6.07 Å². The van der Waals surface area contributed by atoms with Crippen molar-refractivity contribution < 1.29 is 9.34 Å². The Hall–Kier alpha value is -3.54. The Kier molecular flexibility index (Phi) is 3.50. The number of anilines is 1. The topological polar surface area (TPSA) is 131 Å². The van der Waals surface area contributed by atoms with Gasteiger partial charge in [0.2, 0.25) is 11.8 Å². The summed E-state index contributed by atoms with van der Waals surface area (Å²) in [5.41, 5.74) is 0.724. The molecule has 9 heteroatoms. The third-order valence-electron chi connectivity index (χ3n) is 3.95. The summed E-state index contributed by atoms with van der Waals surface area (Å²) in [7, 11) is 0. The Labute approximate surface area is 141 Å². The maximum Gasteiger partial charge on any atom is 0.270 e. The lowest BCUT2D eigenvalue weighted by atomic mass is 10.1. The second-order valence-electron chi connectivity index (χ2n) is 5.79. The molecule has 0 aliphatic heterocycles. The van der Waals surface area contributed by atoms with E-state index < -0.39 is 4.92 Å². The Balaban J connectivity index is 1.59. The molecule has 1 aliphatic rings. The number of rotatable bonds is 5. The van der Waals surface area contributed by atoms with E-state index in [0.717, 1.165) is 12.8 Å². The number of hydrogen-bond acceptors (Lipinski definition) is 8. The second-order valence-corrected chi connectivity index (χ2v) is 5.79. The molecule has 3 aromatic rings. The van der Waals surface area contributed by atoms with Crippen LogP contribution in [0.2, 0.25) is 0 Å². The first kappa shape index (κ1) is 15.0. The Bertz CT molecular complexity index is 1020. The standard InChI is InChI=1S/C16H12N6O3/c17-7-10-5-14(18-8-15-20-21-16(25-15)9-1-2-9)19-13-4-3-11(22(23)24)6-12(10)13/h3-6,9H,1-2,8H2,(H,18,19). The fourth-order valence-corrected chi connectivity index (χ4v) is 2.51. The van der Waals surface area contributed by atoms with Crippen molar-refractivity contribution in [2.45, 2.75) is 25.3 Å². The summed E-state index contributed by atoms with van der Waals surface area (Å²) in [5, 5.41) is 31.7. The maximum atomic E-state index is 10.9. The van der Waals surface area contributed by atoms with E-state index >= 15 is 0 Å². The maximum absolute atomic E-state index is 10.9. The van der Waals surface area contributed by atoms with Gasteiger partial charge in [0.1, 0.15) is 5.82 Å². The minimum absolute atomic E-state index is 0.0787. The molecule has 0 spiro atoms. The smallest absolute Gasteiger partial charge is 0.270 e. The van der Waals surface area contributed by atoms with Crippen molar-refractivity contribution in [1.82, 2.24) is 15.2 Å². The lowest BCUT2D eigenvalue weighted by Crippen LogP contribution is -2.03. The molecule has 0 amide bonds. The summed E-state index contributed by atoms with van der Waals surface area (Å²) in [5.74, 6) is 1.96. The number of pyridine rings is 1. The molecule has 1 saturated carbocycles. The zero-order chi connectivity index (χ0) is 17.4. The number of nitrogens with zero attached hydrogens (tertiary/aromatic N) is 5. The summed E-state index contributed by atoms with van der Waals surface area (Å²) in [6.45, 7) is 0.288. The van der Waals surface area contributed by atoms with Crippen molar-refractivity contribution in [3.05, 3.63) is 51.7 Å². The molecule has 4 rings (SSSR count). The molecular formula is C16H12N6O3. The highest BCUT2D eigenvalue weighted by Gasteiger charge is 2.29. The molecular weight excluding hydrogens is 324 g/mol. The predicted molar refractivity (Wildman–Crippen MR) is 86.7 cm³/mol. The van der Waals surface area contributed by atoms with Crippen LogP contribution in [0.4, 0.5) is 11.5 Å². The summed E-state index contributed by atoms with van der Waals surface area (Å²) in [6.07, 6.45) is 2.16. The predicted octanol–water partition coefficient (Wildman–Crippen LogP) is 2.89. The lowest BCUT2D eigenvalue weighted by molar-refractivity contribution is -0.384. The number of nitro groups is 1. The van der Waals surface area contributed by atoms with Crippen LogP contribution in [0.25, 0.3) is 10.9 Å². The van der Waals surface area contributed by atoms with E-state index in [9.17, 15) is 15.4 Å². The van der Waals surface area contributed by atoms with Gasteiger partial charge < -0.3 is 9.73 Å². The normalized spacial score (nSPS) is 13.6. The first-order chi connectivity index (χ1) is 12.1. The van der Waals surface area contributed by atoms with E-state index in [1.165, 1.54) is 18.2 Å². The number of hydrogen-bond donors (Lipinski definition) is 1. The van der Waals surface area contributed by atoms with Crippen LogP contribution in [-0.4, -0.2) is 20.1 Å². The molecule has 0 bridgehead atoms. The van der Waals surface area contributed by atoms with E-state index in [1.54, 1.807) is 6.07 Å². The monoisotopic (exact) mass is 336 g/mol. The highest BCUT2D eigenvalue weighted by atomic mass is 16.6. The number of fused-ring (bicyclic) bond motifs is 1. The second kappa shape index (κ2) is 5.83. The molecule has 0 atom stereocenters. The molecule has 1 fully saturated rings. The van der Waals surface area contributed by atoms with Crippen LogP contribution in [0.15, 0.2) is 28.7 Å². The summed E-state index contributed by atoms with van der Waals surface area (Å²) >= 11 is 0. The number of benzene rings is 1. The first-order valence-electron chi connectivity index (χ1n) is 7.69. The highest BCUT2D eigenvalue weighted by Crippen LogP contribution is 2.39. The number of aromatic nitrogens is 3. The van der Waals surface area contributed by atoms with Crippen LogP contribution >= 0.6 is 0 Å². The van der Waals surface area contributed by atoms with Crippen LogP contribution in [0.3, 0.4) is 0 Å². The largest absolute Gasteiger partial charge is 0.423 e. The molecule has 25 heavy (non-hydrogen) atoms. The van der Waals surface area contributed by atoms with Gasteiger partial charge in [-0.2, -0.15) is 5.26 Å². The zero-order valence-electron chi connectivity index (χ0n) is 13.0. The number of nitrogens with one attached hydrogen (secondary N) is 1. The van der Waals surface area contributed by atoms with Crippen molar-refractivity contribution >= 4 is 22.4 Å². The first-order valence-corrected chi connectivity index (χ1v) is 7.69. The summed E-state index contributed by atoms with van der Waals surface area (Å²) < 4.78 is 5.56. The number of nitro benzene ring substituents is 1. The van der Waals surface area contributed by atoms with Gasteiger partial charge in [-0.1, -0.05) is 0 Å². The van der Waals surface area contributed by atoms with E-state index in [2.05, 4.69) is 20.5 Å². The molecule has 0 saturated heterocycles. The van der Waals surface area contributed by atoms with Gasteiger partial charge in [-0.05, 0) is 25.0 Å².